The van der Waals surface area contributed by atoms with E-state index in [4.69, 9.17) is 16.3 Å². The lowest BCUT2D eigenvalue weighted by Crippen LogP contribution is -2.02. The third-order valence-electron chi connectivity index (χ3n) is 3.31. The van der Waals surface area contributed by atoms with Crippen LogP contribution in [0.3, 0.4) is 0 Å². The van der Waals surface area contributed by atoms with Crippen molar-refractivity contribution in [2.45, 2.75) is 12.5 Å². The summed E-state index contributed by atoms with van der Waals surface area (Å²) < 4.78 is 18.8. The molecule has 19 heavy (non-hydrogen) atoms. The largest absolute Gasteiger partial charge is 0.493 e. The van der Waals surface area contributed by atoms with Crippen LogP contribution in [-0.4, -0.2) is 11.7 Å². The molecule has 0 aromatic heterocycles. The van der Waals surface area contributed by atoms with Gasteiger partial charge in [-0.15, -0.1) is 0 Å². The highest BCUT2D eigenvalue weighted by Crippen LogP contribution is 2.33. The molecule has 0 aliphatic carbocycles. The zero-order chi connectivity index (χ0) is 13.4. The highest BCUT2D eigenvalue weighted by atomic mass is 35.5. The second kappa shape index (κ2) is 4.83. The van der Waals surface area contributed by atoms with Crippen molar-refractivity contribution < 1.29 is 14.2 Å². The topological polar surface area (TPSA) is 29.5 Å². The van der Waals surface area contributed by atoms with Crippen LogP contribution < -0.4 is 4.74 Å². The van der Waals surface area contributed by atoms with Crippen LogP contribution in [0, 0.1) is 5.82 Å². The summed E-state index contributed by atoms with van der Waals surface area (Å²) >= 11 is 5.90. The van der Waals surface area contributed by atoms with Gasteiger partial charge in [0.15, 0.2) is 0 Å². The molecule has 0 radical (unpaired) electrons. The van der Waals surface area contributed by atoms with Gasteiger partial charge in [0.2, 0.25) is 0 Å². The fourth-order valence-corrected chi connectivity index (χ4v) is 2.52. The SMILES string of the molecule is OC(c1ccc2c(c1)CCO2)c1cccc(F)c1Cl. The molecule has 4 heteroatoms. The lowest BCUT2D eigenvalue weighted by molar-refractivity contribution is 0.220. The molecular formula is C15H12ClFO2. The lowest BCUT2D eigenvalue weighted by atomic mass is 9.99. The van der Waals surface area contributed by atoms with Crippen molar-refractivity contribution in [1.82, 2.24) is 0 Å². The monoisotopic (exact) mass is 278 g/mol. The van der Waals surface area contributed by atoms with Crippen molar-refractivity contribution in [3.05, 3.63) is 63.9 Å². The fraction of sp³-hybridized carbons (Fsp3) is 0.200. The Labute approximate surface area is 115 Å². The molecule has 1 aliphatic rings. The molecule has 0 amide bonds. The van der Waals surface area contributed by atoms with Gasteiger partial charge in [-0.25, -0.2) is 4.39 Å². The maximum absolute atomic E-state index is 13.4. The summed E-state index contributed by atoms with van der Waals surface area (Å²) in [4.78, 5) is 0. The van der Waals surface area contributed by atoms with Crippen LogP contribution in [0.4, 0.5) is 4.39 Å². The van der Waals surface area contributed by atoms with Crippen LogP contribution >= 0.6 is 11.6 Å². The third-order valence-corrected chi connectivity index (χ3v) is 3.70. The van der Waals surface area contributed by atoms with Crippen LogP contribution in [0.5, 0.6) is 5.75 Å². The summed E-state index contributed by atoms with van der Waals surface area (Å²) in [6.45, 7) is 0.662. The number of benzene rings is 2. The quantitative estimate of drug-likeness (QED) is 0.911. The van der Waals surface area contributed by atoms with E-state index in [1.165, 1.54) is 12.1 Å². The summed E-state index contributed by atoms with van der Waals surface area (Å²) in [7, 11) is 0. The van der Waals surface area contributed by atoms with E-state index in [1.807, 2.05) is 12.1 Å². The number of aliphatic hydroxyl groups excluding tert-OH is 1. The molecule has 0 saturated heterocycles. The molecule has 2 nitrogen and oxygen atoms in total. The lowest BCUT2D eigenvalue weighted by Gasteiger charge is -2.14. The van der Waals surface area contributed by atoms with E-state index in [-0.39, 0.29) is 5.02 Å². The number of rotatable bonds is 2. The van der Waals surface area contributed by atoms with Crippen molar-refractivity contribution in [2.75, 3.05) is 6.61 Å². The van der Waals surface area contributed by atoms with Crippen LogP contribution in [0.15, 0.2) is 36.4 Å². The summed E-state index contributed by atoms with van der Waals surface area (Å²) in [6, 6.07) is 9.92. The first kappa shape index (κ1) is 12.5. The molecule has 2 aromatic carbocycles. The van der Waals surface area contributed by atoms with E-state index < -0.39 is 11.9 Å². The van der Waals surface area contributed by atoms with Gasteiger partial charge in [-0.3, -0.25) is 0 Å². The van der Waals surface area contributed by atoms with Gasteiger partial charge in [-0.1, -0.05) is 29.8 Å². The number of hydrogen-bond acceptors (Lipinski definition) is 2. The minimum Gasteiger partial charge on any atom is -0.493 e. The minimum atomic E-state index is -0.936. The molecule has 98 valence electrons. The van der Waals surface area contributed by atoms with Crippen molar-refractivity contribution in [2.24, 2.45) is 0 Å². The van der Waals surface area contributed by atoms with Gasteiger partial charge in [0, 0.05) is 12.0 Å². The summed E-state index contributed by atoms with van der Waals surface area (Å²) in [5.41, 5.74) is 2.13. The zero-order valence-corrected chi connectivity index (χ0v) is 10.8. The zero-order valence-electron chi connectivity index (χ0n) is 10.1. The van der Waals surface area contributed by atoms with E-state index in [0.29, 0.717) is 17.7 Å². The van der Waals surface area contributed by atoms with Crippen molar-refractivity contribution >= 4 is 11.6 Å². The van der Waals surface area contributed by atoms with E-state index in [1.54, 1.807) is 12.1 Å². The first-order chi connectivity index (χ1) is 9.16. The highest BCUT2D eigenvalue weighted by Gasteiger charge is 2.19. The Balaban J connectivity index is 2.00. The molecule has 1 aliphatic heterocycles. The maximum atomic E-state index is 13.4. The first-order valence-corrected chi connectivity index (χ1v) is 6.42. The standard InChI is InChI=1S/C15H12ClFO2/c16-14-11(2-1-3-12(14)17)15(18)10-4-5-13-9(8-10)6-7-19-13/h1-5,8,15,18H,6-7H2. The van der Waals surface area contributed by atoms with Crippen molar-refractivity contribution in [3.63, 3.8) is 0 Å². The number of ether oxygens (including phenoxy) is 1. The van der Waals surface area contributed by atoms with Gasteiger partial charge in [-0.05, 0) is 29.3 Å². The average Bonchev–Trinajstić information content (AvgIpc) is 2.88. The smallest absolute Gasteiger partial charge is 0.142 e. The molecule has 0 fully saturated rings. The van der Waals surface area contributed by atoms with Gasteiger partial charge in [0.25, 0.3) is 0 Å². The Hall–Kier alpha value is -1.58. The molecule has 3 rings (SSSR count). The van der Waals surface area contributed by atoms with Crippen LogP contribution in [0.2, 0.25) is 5.02 Å². The third kappa shape index (κ3) is 2.20. The van der Waals surface area contributed by atoms with Crippen molar-refractivity contribution in [1.29, 1.82) is 0 Å². The second-order valence-electron chi connectivity index (χ2n) is 4.51. The van der Waals surface area contributed by atoms with E-state index >= 15 is 0 Å². The predicted octanol–water partition coefficient (Wildman–Crippen LogP) is 3.50. The molecule has 2 aromatic rings. The van der Waals surface area contributed by atoms with Crippen LogP contribution in [0.1, 0.15) is 22.8 Å². The molecule has 0 spiro atoms. The first-order valence-electron chi connectivity index (χ1n) is 6.04. The van der Waals surface area contributed by atoms with Gasteiger partial charge in [0.1, 0.15) is 17.7 Å². The van der Waals surface area contributed by atoms with Crippen molar-refractivity contribution in [3.8, 4) is 5.75 Å². The summed E-state index contributed by atoms with van der Waals surface area (Å²) in [6.07, 6.45) is -0.110. The molecule has 1 atom stereocenters. The highest BCUT2D eigenvalue weighted by molar-refractivity contribution is 6.31. The number of fused-ring (bicyclic) bond motifs is 1. The van der Waals surface area contributed by atoms with E-state index in [2.05, 4.69) is 0 Å². The fourth-order valence-electron chi connectivity index (χ4n) is 2.29. The Morgan fingerprint density at radius 2 is 2.11 bits per heavy atom. The van der Waals surface area contributed by atoms with Crippen LogP contribution in [0.25, 0.3) is 0 Å². The second-order valence-corrected chi connectivity index (χ2v) is 4.89. The Morgan fingerprint density at radius 1 is 1.26 bits per heavy atom. The normalized spacial score (nSPS) is 14.9. The Kier molecular flexibility index (Phi) is 3.17. The Bertz CT molecular complexity index is 628. The van der Waals surface area contributed by atoms with Gasteiger partial charge >= 0.3 is 0 Å². The molecule has 1 unspecified atom stereocenters. The summed E-state index contributed by atoms with van der Waals surface area (Å²) in [5.74, 6) is 0.323. The average molecular weight is 279 g/mol. The molecule has 1 heterocycles. The number of aliphatic hydroxyl groups is 1. The van der Waals surface area contributed by atoms with Gasteiger partial charge in [-0.2, -0.15) is 0 Å². The molecule has 0 bridgehead atoms. The molecule has 0 saturated carbocycles. The summed E-state index contributed by atoms with van der Waals surface area (Å²) in [5, 5.41) is 10.3. The minimum absolute atomic E-state index is 0.0354. The molecular weight excluding hydrogens is 267 g/mol. The van der Waals surface area contributed by atoms with E-state index in [0.717, 1.165) is 17.7 Å². The Morgan fingerprint density at radius 3 is 2.95 bits per heavy atom. The maximum Gasteiger partial charge on any atom is 0.142 e. The van der Waals surface area contributed by atoms with Crippen LogP contribution in [-0.2, 0) is 6.42 Å². The molecule has 1 N–H and O–H groups in total. The van der Waals surface area contributed by atoms with Gasteiger partial charge in [0.05, 0.1) is 11.6 Å². The van der Waals surface area contributed by atoms with E-state index in [9.17, 15) is 9.50 Å². The predicted molar refractivity (Wildman–Crippen MR) is 71.1 cm³/mol. The van der Waals surface area contributed by atoms with Gasteiger partial charge < -0.3 is 9.84 Å². The number of halogens is 2. The number of hydrogen-bond donors (Lipinski definition) is 1.